The molecule has 3 heteroatoms. The van der Waals surface area contributed by atoms with Crippen LogP contribution in [0.1, 0.15) is 32.3 Å². The Morgan fingerprint density at radius 3 is 2.83 bits per heavy atom. The molecule has 1 saturated heterocycles. The van der Waals surface area contributed by atoms with E-state index in [2.05, 4.69) is 36.9 Å². The van der Waals surface area contributed by atoms with Gasteiger partial charge in [0, 0.05) is 12.6 Å². The zero-order valence-corrected chi connectivity index (χ0v) is 12.1. The van der Waals surface area contributed by atoms with Crippen molar-refractivity contribution in [2.75, 3.05) is 18.0 Å². The molecular formula is C15H23ClN2. The van der Waals surface area contributed by atoms with Gasteiger partial charge in [-0.15, -0.1) is 0 Å². The number of nitrogens with two attached hydrogens (primary N) is 1. The summed E-state index contributed by atoms with van der Waals surface area (Å²) in [5.74, 6) is 0.673. The maximum absolute atomic E-state index is 6.43. The minimum atomic E-state index is 0.628. The van der Waals surface area contributed by atoms with E-state index in [-0.39, 0.29) is 0 Å². The van der Waals surface area contributed by atoms with Gasteiger partial charge in [0.25, 0.3) is 0 Å². The van der Waals surface area contributed by atoms with Gasteiger partial charge in [-0.3, -0.25) is 0 Å². The van der Waals surface area contributed by atoms with E-state index in [1.54, 1.807) is 0 Å². The Morgan fingerprint density at radius 2 is 2.22 bits per heavy atom. The van der Waals surface area contributed by atoms with Crippen LogP contribution in [0.3, 0.4) is 0 Å². The molecule has 1 aliphatic rings. The van der Waals surface area contributed by atoms with E-state index < -0.39 is 0 Å². The molecule has 2 nitrogen and oxygen atoms in total. The third-order valence-electron chi connectivity index (χ3n) is 3.82. The lowest BCUT2D eigenvalue weighted by atomic mass is 10.0. The second kappa shape index (κ2) is 5.94. The van der Waals surface area contributed by atoms with Crippen LogP contribution in [0.2, 0.25) is 5.02 Å². The molecule has 0 radical (unpaired) electrons. The highest BCUT2D eigenvalue weighted by Crippen LogP contribution is 2.34. The zero-order chi connectivity index (χ0) is 13.1. The second-order valence-electron chi connectivity index (χ2n) is 5.47. The molecule has 18 heavy (non-hydrogen) atoms. The molecule has 1 aromatic carbocycles. The molecular weight excluding hydrogens is 244 g/mol. The van der Waals surface area contributed by atoms with Crippen molar-refractivity contribution in [2.24, 2.45) is 11.7 Å². The number of anilines is 1. The van der Waals surface area contributed by atoms with Crippen LogP contribution in [0, 0.1) is 5.92 Å². The van der Waals surface area contributed by atoms with E-state index in [0.29, 0.717) is 18.5 Å². The topological polar surface area (TPSA) is 29.3 Å². The molecule has 2 N–H and O–H groups in total. The van der Waals surface area contributed by atoms with Crippen LogP contribution >= 0.6 is 11.6 Å². The van der Waals surface area contributed by atoms with E-state index >= 15 is 0 Å². The highest BCUT2D eigenvalue weighted by atomic mass is 35.5. The first-order valence-electron chi connectivity index (χ1n) is 6.88. The Bertz CT molecular complexity index is 403. The van der Waals surface area contributed by atoms with Gasteiger partial charge in [-0.1, -0.05) is 31.5 Å². The van der Waals surface area contributed by atoms with E-state index in [1.807, 2.05) is 0 Å². The summed E-state index contributed by atoms with van der Waals surface area (Å²) in [6.45, 7) is 6.38. The number of nitrogens with zero attached hydrogens (tertiary/aromatic N) is 1. The molecule has 0 bridgehead atoms. The first-order valence-corrected chi connectivity index (χ1v) is 7.26. The van der Waals surface area contributed by atoms with Crippen molar-refractivity contribution >= 4 is 17.3 Å². The first-order chi connectivity index (χ1) is 8.63. The summed E-state index contributed by atoms with van der Waals surface area (Å²) in [7, 11) is 0. The van der Waals surface area contributed by atoms with Gasteiger partial charge < -0.3 is 10.6 Å². The largest absolute Gasteiger partial charge is 0.367 e. The third-order valence-corrected chi connectivity index (χ3v) is 4.13. The molecule has 0 spiro atoms. The summed E-state index contributed by atoms with van der Waals surface area (Å²) in [6.07, 6.45) is 3.44. The lowest BCUT2D eigenvalue weighted by Gasteiger charge is -2.30. The highest BCUT2D eigenvalue weighted by molar-refractivity contribution is 6.33. The van der Waals surface area contributed by atoms with Crippen LogP contribution in [0.4, 0.5) is 5.69 Å². The fourth-order valence-electron chi connectivity index (χ4n) is 2.89. The predicted molar refractivity (Wildman–Crippen MR) is 79.4 cm³/mol. The van der Waals surface area contributed by atoms with Crippen molar-refractivity contribution in [2.45, 2.75) is 39.2 Å². The standard InChI is InChI=1S/C15H23ClN2/c1-11(2)14-4-3-9-18(14)15-6-5-12(7-8-17)10-13(15)16/h5-6,10-11,14H,3-4,7-9,17H2,1-2H3. The van der Waals surface area contributed by atoms with Crippen molar-refractivity contribution in [1.82, 2.24) is 0 Å². The van der Waals surface area contributed by atoms with Crippen LogP contribution < -0.4 is 10.6 Å². The van der Waals surface area contributed by atoms with Gasteiger partial charge in [-0.05, 0) is 49.4 Å². The first kappa shape index (κ1) is 13.7. The zero-order valence-electron chi connectivity index (χ0n) is 11.3. The van der Waals surface area contributed by atoms with Crippen molar-refractivity contribution in [3.8, 4) is 0 Å². The SMILES string of the molecule is CC(C)C1CCCN1c1ccc(CCN)cc1Cl. The average Bonchev–Trinajstić information content (AvgIpc) is 2.78. The number of rotatable bonds is 4. The van der Waals surface area contributed by atoms with Crippen molar-refractivity contribution < 1.29 is 0 Å². The molecule has 0 aromatic heterocycles. The molecule has 2 rings (SSSR count). The van der Waals surface area contributed by atoms with Gasteiger partial charge in [0.15, 0.2) is 0 Å². The quantitative estimate of drug-likeness (QED) is 0.904. The van der Waals surface area contributed by atoms with Gasteiger partial charge in [0.2, 0.25) is 0 Å². The molecule has 1 aliphatic heterocycles. The summed E-state index contributed by atoms with van der Waals surface area (Å²) in [6, 6.07) is 7.01. The number of hydrogen-bond acceptors (Lipinski definition) is 2. The van der Waals surface area contributed by atoms with E-state index in [9.17, 15) is 0 Å². The highest BCUT2D eigenvalue weighted by Gasteiger charge is 2.28. The Balaban J connectivity index is 2.22. The molecule has 1 unspecified atom stereocenters. The van der Waals surface area contributed by atoms with E-state index in [0.717, 1.165) is 18.0 Å². The summed E-state index contributed by atoms with van der Waals surface area (Å²) < 4.78 is 0. The maximum atomic E-state index is 6.43. The predicted octanol–water partition coefficient (Wildman–Crippen LogP) is 3.47. The fourth-order valence-corrected chi connectivity index (χ4v) is 3.20. The third kappa shape index (κ3) is 2.81. The second-order valence-corrected chi connectivity index (χ2v) is 5.88. The molecule has 1 fully saturated rings. The van der Waals surface area contributed by atoms with Crippen molar-refractivity contribution in [3.63, 3.8) is 0 Å². The van der Waals surface area contributed by atoms with Gasteiger partial charge in [0.05, 0.1) is 10.7 Å². The van der Waals surface area contributed by atoms with E-state index in [1.165, 1.54) is 24.1 Å². The van der Waals surface area contributed by atoms with Gasteiger partial charge in [-0.2, -0.15) is 0 Å². The van der Waals surface area contributed by atoms with Crippen LogP contribution in [-0.2, 0) is 6.42 Å². The van der Waals surface area contributed by atoms with Gasteiger partial charge in [-0.25, -0.2) is 0 Å². The molecule has 100 valence electrons. The maximum Gasteiger partial charge on any atom is 0.0642 e. The lowest BCUT2D eigenvalue weighted by molar-refractivity contribution is 0.492. The fraction of sp³-hybridized carbons (Fsp3) is 0.600. The van der Waals surface area contributed by atoms with Gasteiger partial charge in [0.1, 0.15) is 0 Å². The van der Waals surface area contributed by atoms with Crippen LogP contribution in [0.25, 0.3) is 0 Å². The van der Waals surface area contributed by atoms with Crippen molar-refractivity contribution in [3.05, 3.63) is 28.8 Å². The summed E-state index contributed by atoms with van der Waals surface area (Å²) in [4.78, 5) is 2.47. The normalized spacial score (nSPS) is 19.8. The average molecular weight is 267 g/mol. The van der Waals surface area contributed by atoms with Crippen LogP contribution in [0.5, 0.6) is 0 Å². The molecule has 0 saturated carbocycles. The van der Waals surface area contributed by atoms with Crippen LogP contribution in [0.15, 0.2) is 18.2 Å². The number of hydrogen-bond donors (Lipinski definition) is 1. The van der Waals surface area contributed by atoms with Crippen molar-refractivity contribution in [1.29, 1.82) is 0 Å². The molecule has 1 atom stereocenters. The summed E-state index contributed by atoms with van der Waals surface area (Å²) in [5, 5.41) is 0.869. The monoisotopic (exact) mass is 266 g/mol. The molecule has 1 heterocycles. The smallest absolute Gasteiger partial charge is 0.0642 e. The molecule has 0 amide bonds. The Labute approximate surface area is 115 Å². The Morgan fingerprint density at radius 1 is 1.44 bits per heavy atom. The minimum Gasteiger partial charge on any atom is -0.367 e. The Hall–Kier alpha value is -0.730. The lowest BCUT2D eigenvalue weighted by Crippen LogP contribution is -2.33. The minimum absolute atomic E-state index is 0.628. The number of benzene rings is 1. The number of halogens is 1. The van der Waals surface area contributed by atoms with Crippen LogP contribution in [-0.4, -0.2) is 19.1 Å². The summed E-state index contributed by atoms with van der Waals surface area (Å²) in [5.41, 5.74) is 8.00. The summed E-state index contributed by atoms with van der Waals surface area (Å²) >= 11 is 6.43. The van der Waals surface area contributed by atoms with Gasteiger partial charge >= 0.3 is 0 Å². The Kier molecular flexibility index (Phi) is 4.52. The molecule has 1 aromatic rings. The molecule has 0 aliphatic carbocycles. The van der Waals surface area contributed by atoms with E-state index in [4.69, 9.17) is 17.3 Å².